The van der Waals surface area contributed by atoms with Crippen molar-refractivity contribution in [3.63, 3.8) is 0 Å². The van der Waals surface area contributed by atoms with Gasteiger partial charge in [-0.3, -0.25) is 0 Å². The predicted octanol–water partition coefficient (Wildman–Crippen LogP) is 8.62. The molecule has 4 aliphatic rings. The van der Waals surface area contributed by atoms with Gasteiger partial charge in [-0.05, 0) is 0 Å². The van der Waals surface area contributed by atoms with Crippen molar-refractivity contribution >= 4 is 0 Å². The van der Waals surface area contributed by atoms with E-state index in [-0.39, 0.29) is 19.8 Å². The Balaban J connectivity index is 0.000000303. The van der Waals surface area contributed by atoms with Crippen LogP contribution in [-0.2, 0) is 19.8 Å². The van der Waals surface area contributed by atoms with Gasteiger partial charge in [-0.25, -0.2) is 0 Å². The maximum absolute atomic E-state index is 2.39. The average Bonchev–Trinajstić information content (AvgIpc) is 2.75. The molecule has 0 saturated heterocycles. The zero-order chi connectivity index (χ0) is 17.0. The van der Waals surface area contributed by atoms with Gasteiger partial charge in [0.15, 0.2) is 0 Å². The van der Waals surface area contributed by atoms with Crippen LogP contribution in [0.5, 0.6) is 0 Å². The first-order valence-corrected chi connectivity index (χ1v) is 11.3. The maximum Gasteiger partial charge on any atom is 4.00 e. The van der Waals surface area contributed by atoms with E-state index in [1.807, 2.05) is 0 Å². The Morgan fingerprint density at radius 1 is 0.240 bits per heavy atom. The van der Waals surface area contributed by atoms with Gasteiger partial charge in [0, 0.05) is 0 Å². The molecule has 0 nitrogen and oxygen atoms in total. The van der Waals surface area contributed by atoms with E-state index in [0.29, 0.717) is 0 Å². The van der Waals surface area contributed by atoms with Crippen molar-refractivity contribution in [2.24, 2.45) is 0 Å². The fraction of sp³-hybridized carbons (Fsp3) is 0.833. The second kappa shape index (κ2) is 22.7. The molecule has 0 aliphatic heterocycles. The first-order valence-electron chi connectivity index (χ1n) is 11.3. The average molecular weight is 523 g/mol. The Morgan fingerprint density at radius 3 is 0.440 bits per heavy atom. The molecule has 4 rings (SSSR count). The maximum atomic E-state index is 2.39. The normalized spacial score (nSPS) is 23.0. The van der Waals surface area contributed by atoms with Gasteiger partial charge >= 0.3 is 19.8 Å². The van der Waals surface area contributed by atoms with Crippen LogP contribution in [0.25, 0.3) is 0 Å². The second-order valence-corrected chi connectivity index (χ2v) is 7.71. The minimum atomic E-state index is 0. The summed E-state index contributed by atoms with van der Waals surface area (Å²) in [7, 11) is 0. The molecule has 0 amide bonds. The third kappa shape index (κ3) is 20.8. The predicted molar refractivity (Wildman–Crippen MR) is 110 cm³/mol. The van der Waals surface area contributed by atoms with Crippen molar-refractivity contribution in [3.8, 4) is 0 Å². The minimum Gasteiger partial charge on any atom is -0.328 e. The van der Waals surface area contributed by atoms with E-state index in [0.717, 1.165) is 0 Å². The van der Waals surface area contributed by atoms with Gasteiger partial charge in [0.1, 0.15) is 0 Å². The zero-order valence-corrected chi connectivity index (χ0v) is 19.3. The molecule has 0 heterocycles. The summed E-state index contributed by atoms with van der Waals surface area (Å²) in [6, 6.07) is 0. The first kappa shape index (κ1) is 25.6. The van der Waals surface area contributed by atoms with Gasteiger partial charge in [-0.1, -0.05) is 77.0 Å². The fourth-order valence-corrected chi connectivity index (χ4v) is 3.59. The Morgan fingerprint density at radius 2 is 0.400 bits per heavy atom. The molecule has 0 radical (unpaired) electrons. The van der Waals surface area contributed by atoms with Crippen molar-refractivity contribution in [1.29, 1.82) is 0 Å². The SMILES string of the molecule is [CH-]1CCCCC1.[CH-]1CCCCC1.[CH-]1CCCCC1.[CH-]1CCCCC1.[Os+4]. The molecular formula is C24H44Os. The number of hydrogen-bond acceptors (Lipinski definition) is 0. The summed E-state index contributed by atoms with van der Waals surface area (Å²) in [5, 5.41) is 0. The van der Waals surface area contributed by atoms with E-state index in [1.165, 1.54) is 128 Å². The van der Waals surface area contributed by atoms with Crippen LogP contribution in [0.1, 0.15) is 128 Å². The minimum absolute atomic E-state index is 0. The third-order valence-corrected chi connectivity index (χ3v) is 5.27. The van der Waals surface area contributed by atoms with Gasteiger partial charge < -0.3 is 25.7 Å². The van der Waals surface area contributed by atoms with Gasteiger partial charge in [-0.2, -0.15) is 51.4 Å². The monoisotopic (exact) mass is 524 g/mol. The largest absolute Gasteiger partial charge is 4.00 e. The Bertz CT molecular complexity index is 116. The molecule has 4 aliphatic carbocycles. The molecule has 0 N–H and O–H groups in total. The van der Waals surface area contributed by atoms with Gasteiger partial charge in [-0.15, -0.1) is 0 Å². The van der Waals surface area contributed by atoms with Crippen molar-refractivity contribution in [2.45, 2.75) is 128 Å². The summed E-state index contributed by atoms with van der Waals surface area (Å²) in [6.07, 6.45) is 38.0. The zero-order valence-electron chi connectivity index (χ0n) is 16.8. The molecule has 25 heavy (non-hydrogen) atoms. The summed E-state index contributed by atoms with van der Waals surface area (Å²) >= 11 is 0. The molecule has 0 aromatic carbocycles. The van der Waals surface area contributed by atoms with Crippen molar-refractivity contribution in [1.82, 2.24) is 0 Å². The van der Waals surface area contributed by atoms with E-state index in [4.69, 9.17) is 0 Å². The quantitative estimate of drug-likeness (QED) is 0.279. The van der Waals surface area contributed by atoms with E-state index in [2.05, 4.69) is 25.7 Å². The van der Waals surface area contributed by atoms with Crippen LogP contribution in [-0.4, -0.2) is 0 Å². The van der Waals surface area contributed by atoms with Crippen LogP contribution in [0.2, 0.25) is 0 Å². The van der Waals surface area contributed by atoms with E-state index >= 15 is 0 Å². The van der Waals surface area contributed by atoms with Crippen molar-refractivity contribution in [3.05, 3.63) is 25.7 Å². The molecule has 1 heteroatoms. The molecular weight excluding hydrogens is 478 g/mol. The summed E-state index contributed by atoms with van der Waals surface area (Å²) in [6.45, 7) is 0. The fourth-order valence-electron chi connectivity index (χ4n) is 3.59. The topological polar surface area (TPSA) is 0 Å². The van der Waals surface area contributed by atoms with Crippen LogP contribution in [0.3, 0.4) is 0 Å². The number of rotatable bonds is 0. The van der Waals surface area contributed by atoms with Gasteiger partial charge in [0.2, 0.25) is 0 Å². The molecule has 0 atom stereocenters. The van der Waals surface area contributed by atoms with E-state index in [1.54, 1.807) is 0 Å². The molecule has 0 bridgehead atoms. The summed E-state index contributed by atoms with van der Waals surface area (Å²) in [5.41, 5.74) is 0. The Kier molecular flexibility index (Phi) is 23.3. The van der Waals surface area contributed by atoms with Crippen molar-refractivity contribution in [2.75, 3.05) is 0 Å². The third-order valence-electron chi connectivity index (χ3n) is 5.27. The molecule has 148 valence electrons. The van der Waals surface area contributed by atoms with Crippen molar-refractivity contribution < 1.29 is 19.8 Å². The molecule has 0 aromatic heterocycles. The summed E-state index contributed by atoms with van der Waals surface area (Å²) in [4.78, 5) is 0. The second-order valence-electron chi connectivity index (χ2n) is 7.71. The summed E-state index contributed by atoms with van der Waals surface area (Å²) in [5.74, 6) is 0. The van der Waals surface area contributed by atoms with E-state index in [9.17, 15) is 0 Å². The standard InChI is InChI=1S/4C6H11.Os/c4*1-2-4-6-5-3-1;/h4*1H,2-6H2;/q4*-1;+4. The smallest absolute Gasteiger partial charge is 0.328 e. The molecule has 0 aromatic rings. The van der Waals surface area contributed by atoms with Crippen LogP contribution < -0.4 is 0 Å². The Labute approximate surface area is 173 Å². The molecule has 4 saturated carbocycles. The van der Waals surface area contributed by atoms with Crippen LogP contribution in [0.4, 0.5) is 0 Å². The van der Waals surface area contributed by atoms with Crippen LogP contribution in [0, 0.1) is 25.7 Å². The van der Waals surface area contributed by atoms with Crippen LogP contribution in [0.15, 0.2) is 0 Å². The first-order chi connectivity index (χ1) is 12.0. The van der Waals surface area contributed by atoms with Gasteiger partial charge in [0.25, 0.3) is 0 Å². The Hall–Kier alpha value is 0.636. The van der Waals surface area contributed by atoms with E-state index < -0.39 is 0 Å². The summed E-state index contributed by atoms with van der Waals surface area (Å²) < 4.78 is 0. The van der Waals surface area contributed by atoms with Gasteiger partial charge in [0.05, 0.1) is 0 Å². The molecule has 0 unspecified atom stereocenters. The van der Waals surface area contributed by atoms with Crippen LogP contribution >= 0.6 is 0 Å². The molecule has 4 fully saturated rings. The molecule has 0 spiro atoms. The number of hydrogen-bond donors (Lipinski definition) is 0.